The molecule has 0 saturated heterocycles. The lowest BCUT2D eigenvalue weighted by Crippen LogP contribution is -1.97. The molecular weight excluding hydrogens is 305 g/mol. The van der Waals surface area contributed by atoms with Crippen molar-refractivity contribution in [3.63, 3.8) is 0 Å². The third-order valence-corrected chi connectivity index (χ3v) is 2.91. The normalized spacial score (nSPS) is 10.3. The number of hydrogen-bond acceptors (Lipinski definition) is 3. The van der Waals surface area contributed by atoms with Crippen molar-refractivity contribution in [2.75, 3.05) is 7.11 Å². The van der Waals surface area contributed by atoms with E-state index in [2.05, 4.69) is 32.8 Å². The van der Waals surface area contributed by atoms with Crippen LogP contribution in [-0.2, 0) is 0 Å². The molecular formula is C10H10IN3O. The first-order chi connectivity index (χ1) is 7.22. The van der Waals surface area contributed by atoms with Gasteiger partial charge in [-0.05, 0) is 18.6 Å². The van der Waals surface area contributed by atoms with E-state index in [4.69, 9.17) is 4.74 Å². The predicted molar refractivity (Wildman–Crippen MR) is 65.4 cm³/mol. The van der Waals surface area contributed by atoms with Crippen LogP contribution in [-0.4, -0.2) is 21.9 Å². The highest BCUT2D eigenvalue weighted by Crippen LogP contribution is 2.22. The fraction of sp³-hybridized carbons (Fsp3) is 0.200. The zero-order chi connectivity index (χ0) is 10.8. The van der Waals surface area contributed by atoms with Gasteiger partial charge in [0.15, 0.2) is 3.83 Å². The van der Waals surface area contributed by atoms with Crippen molar-refractivity contribution in [2.24, 2.45) is 0 Å². The summed E-state index contributed by atoms with van der Waals surface area (Å²) in [7, 11) is 1.67. The van der Waals surface area contributed by atoms with Gasteiger partial charge in [0.1, 0.15) is 12.1 Å². The molecule has 0 spiro atoms. The molecule has 0 N–H and O–H groups in total. The van der Waals surface area contributed by atoms with E-state index in [9.17, 15) is 0 Å². The van der Waals surface area contributed by atoms with Crippen LogP contribution in [0.15, 0.2) is 24.5 Å². The van der Waals surface area contributed by atoms with E-state index in [1.165, 1.54) is 0 Å². The number of aryl methyl sites for hydroxylation is 1. The van der Waals surface area contributed by atoms with E-state index in [1.54, 1.807) is 13.4 Å². The monoisotopic (exact) mass is 315 g/mol. The maximum atomic E-state index is 5.27. The minimum absolute atomic E-state index is 0.832. The van der Waals surface area contributed by atoms with Gasteiger partial charge in [0.2, 0.25) is 0 Å². The zero-order valence-corrected chi connectivity index (χ0v) is 10.6. The van der Waals surface area contributed by atoms with Gasteiger partial charge in [-0.15, -0.1) is 10.2 Å². The van der Waals surface area contributed by atoms with Crippen molar-refractivity contribution in [1.82, 2.24) is 14.8 Å². The highest BCUT2D eigenvalue weighted by atomic mass is 127. The summed E-state index contributed by atoms with van der Waals surface area (Å²) < 4.78 is 8.00. The summed E-state index contributed by atoms with van der Waals surface area (Å²) in [4.78, 5) is 0. The molecule has 4 nitrogen and oxygen atoms in total. The Hall–Kier alpha value is -1.11. The van der Waals surface area contributed by atoms with Gasteiger partial charge in [-0.1, -0.05) is 6.07 Å². The molecule has 0 aliphatic carbocycles. The van der Waals surface area contributed by atoms with Crippen molar-refractivity contribution < 1.29 is 4.74 Å². The van der Waals surface area contributed by atoms with Gasteiger partial charge in [0.25, 0.3) is 0 Å². The lowest BCUT2D eigenvalue weighted by Gasteiger charge is -2.08. The zero-order valence-electron chi connectivity index (χ0n) is 8.44. The van der Waals surface area contributed by atoms with E-state index in [1.807, 2.05) is 29.7 Å². The van der Waals surface area contributed by atoms with Gasteiger partial charge in [-0.25, -0.2) is 0 Å². The number of halogens is 1. The van der Waals surface area contributed by atoms with Crippen LogP contribution in [0.4, 0.5) is 0 Å². The molecule has 2 aromatic rings. The molecule has 2 rings (SSSR count). The number of hydrogen-bond donors (Lipinski definition) is 0. The third kappa shape index (κ3) is 1.97. The average Bonchev–Trinajstić information content (AvgIpc) is 2.65. The van der Waals surface area contributed by atoms with Gasteiger partial charge in [0, 0.05) is 28.7 Å². The first-order valence-corrected chi connectivity index (χ1v) is 5.51. The van der Waals surface area contributed by atoms with Crippen molar-refractivity contribution in [3.05, 3.63) is 33.9 Å². The molecule has 0 bridgehead atoms. The Morgan fingerprint density at radius 1 is 1.40 bits per heavy atom. The molecule has 0 aliphatic heterocycles. The summed E-state index contributed by atoms with van der Waals surface area (Å²) in [5.41, 5.74) is 2.12. The maximum absolute atomic E-state index is 5.27. The Morgan fingerprint density at radius 3 is 2.80 bits per heavy atom. The quantitative estimate of drug-likeness (QED) is 0.798. The summed E-state index contributed by atoms with van der Waals surface area (Å²) in [6.45, 7) is 2.01. The number of nitrogens with zero attached hydrogens (tertiary/aromatic N) is 3. The number of methoxy groups -OCH3 is 1. The number of rotatable bonds is 2. The lowest BCUT2D eigenvalue weighted by molar-refractivity contribution is 0.411. The van der Waals surface area contributed by atoms with Gasteiger partial charge in [0.05, 0.1) is 12.8 Å². The average molecular weight is 315 g/mol. The van der Waals surface area contributed by atoms with Crippen molar-refractivity contribution in [3.8, 4) is 11.4 Å². The van der Waals surface area contributed by atoms with Crippen LogP contribution in [0.25, 0.3) is 5.69 Å². The first-order valence-electron chi connectivity index (χ1n) is 4.43. The third-order valence-electron chi connectivity index (χ3n) is 2.18. The molecule has 0 saturated carbocycles. The second-order valence-corrected chi connectivity index (χ2v) is 4.09. The number of ether oxygens (including phenoxy) is 1. The summed E-state index contributed by atoms with van der Waals surface area (Å²) in [5, 5.41) is 7.77. The fourth-order valence-electron chi connectivity index (χ4n) is 1.35. The smallest absolute Gasteiger partial charge is 0.198 e. The largest absolute Gasteiger partial charge is 0.496 e. The minimum Gasteiger partial charge on any atom is -0.496 e. The van der Waals surface area contributed by atoms with Crippen LogP contribution in [0.2, 0.25) is 0 Å². The Balaban J connectivity index is 2.51. The van der Waals surface area contributed by atoms with Crippen molar-refractivity contribution in [1.29, 1.82) is 0 Å². The van der Waals surface area contributed by atoms with E-state index < -0.39 is 0 Å². The van der Waals surface area contributed by atoms with Crippen LogP contribution in [0, 0.1) is 10.8 Å². The molecule has 0 unspecified atom stereocenters. The molecule has 5 heteroatoms. The molecule has 1 aromatic heterocycles. The topological polar surface area (TPSA) is 39.9 Å². The van der Waals surface area contributed by atoms with Gasteiger partial charge < -0.3 is 4.74 Å². The molecule has 1 heterocycles. The summed E-state index contributed by atoms with van der Waals surface area (Å²) >= 11 is 2.14. The van der Waals surface area contributed by atoms with Crippen LogP contribution >= 0.6 is 22.6 Å². The van der Waals surface area contributed by atoms with E-state index in [0.717, 1.165) is 20.8 Å². The molecule has 78 valence electrons. The Labute approximate surface area is 101 Å². The van der Waals surface area contributed by atoms with Crippen LogP contribution in [0.3, 0.4) is 0 Å². The summed E-state index contributed by atoms with van der Waals surface area (Å²) in [6.07, 6.45) is 1.69. The lowest BCUT2D eigenvalue weighted by atomic mass is 10.2. The minimum atomic E-state index is 0.832. The van der Waals surface area contributed by atoms with Crippen LogP contribution in [0.5, 0.6) is 5.75 Å². The molecule has 0 aliphatic rings. The van der Waals surface area contributed by atoms with Crippen molar-refractivity contribution >= 4 is 22.6 Å². The van der Waals surface area contributed by atoms with Crippen molar-refractivity contribution in [2.45, 2.75) is 6.92 Å². The summed E-state index contributed by atoms with van der Waals surface area (Å²) in [6, 6.07) is 6.01. The van der Waals surface area contributed by atoms with Gasteiger partial charge in [-0.3, -0.25) is 4.57 Å². The van der Waals surface area contributed by atoms with Gasteiger partial charge >= 0.3 is 0 Å². The SMILES string of the molecule is COc1cc(-n2cnnc2I)ccc1C. The van der Waals surface area contributed by atoms with E-state index >= 15 is 0 Å². The Morgan fingerprint density at radius 2 is 2.20 bits per heavy atom. The molecule has 15 heavy (non-hydrogen) atoms. The molecule has 0 atom stereocenters. The van der Waals surface area contributed by atoms with Gasteiger partial charge in [-0.2, -0.15) is 0 Å². The maximum Gasteiger partial charge on any atom is 0.198 e. The van der Waals surface area contributed by atoms with E-state index in [0.29, 0.717) is 0 Å². The highest BCUT2D eigenvalue weighted by Gasteiger charge is 2.05. The second kappa shape index (κ2) is 4.18. The molecule has 1 aromatic carbocycles. The molecule has 0 fully saturated rings. The Bertz CT molecular complexity index is 481. The summed E-state index contributed by atoms with van der Waals surface area (Å²) in [5.74, 6) is 0.872. The molecule has 0 amide bonds. The number of aromatic nitrogens is 3. The number of benzene rings is 1. The molecule has 0 radical (unpaired) electrons. The van der Waals surface area contributed by atoms with E-state index in [-0.39, 0.29) is 0 Å². The highest BCUT2D eigenvalue weighted by molar-refractivity contribution is 14.1. The fourth-order valence-corrected chi connectivity index (χ4v) is 1.88. The van der Waals surface area contributed by atoms with Crippen LogP contribution in [0.1, 0.15) is 5.56 Å². The van der Waals surface area contributed by atoms with Crippen LogP contribution < -0.4 is 4.74 Å². The second-order valence-electron chi connectivity index (χ2n) is 3.12. The predicted octanol–water partition coefficient (Wildman–Crippen LogP) is 2.19. The Kier molecular flexibility index (Phi) is 2.90. The standard InChI is InChI=1S/C10H10IN3O/c1-7-3-4-8(5-9(7)15-2)14-6-12-13-10(14)11/h3-6H,1-2H3. The first kappa shape index (κ1) is 10.4.